The number of benzene rings is 2. The van der Waals surface area contributed by atoms with Crippen LogP contribution in [-0.2, 0) is 17.8 Å². The molecule has 6 nitrogen and oxygen atoms in total. The van der Waals surface area contributed by atoms with Gasteiger partial charge in [0, 0.05) is 44.5 Å². The summed E-state index contributed by atoms with van der Waals surface area (Å²) in [5.74, 6) is 0.795. The largest absolute Gasteiger partial charge is 0.354 e. The molecule has 2 unspecified atom stereocenters. The predicted molar refractivity (Wildman–Crippen MR) is 131 cm³/mol. The SMILES string of the molecule is CN=C(NCC(=O)N1CCCc2ccccc21)NC1CCN(Cc2ccccc2)C(C)C1. The molecule has 1 fully saturated rings. The lowest BCUT2D eigenvalue weighted by atomic mass is 9.97. The van der Waals surface area contributed by atoms with E-state index in [1.54, 1.807) is 7.05 Å². The number of hydrogen-bond acceptors (Lipinski definition) is 3. The van der Waals surface area contributed by atoms with Crippen LogP contribution in [-0.4, -0.2) is 55.5 Å². The zero-order valence-electron chi connectivity index (χ0n) is 19.3. The normalized spacial score (nSPS) is 21.7. The highest BCUT2D eigenvalue weighted by Gasteiger charge is 2.26. The third-order valence-corrected chi connectivity index (χ3v) is 6.63. The monoisotopic (exact) mass is 433 g/mol. The number of aliphatic imine (C=N–C) groups is 1. The molecule has 2 N–H and O–H groups in total. The molecule has 2 aliphatic rings. The van der Waals surface area contributed by atoms with Crippen LogP contribution in [0.15, 0.2) is 59.6 Å². The Hall–Kier alpha value is -2.86. The number of aryl methyl sites for hydroxylation is 1. The number of guanidine groups is 1. The summed E-state index contributed by atoms with van der Waals surface area (Å²) in [5.41, 5.74) is 3.67. The molecular formula is C26H35N5O. The lowest BCUT2D eigenvalue weighted by molar-refractivity contribution is -0.117. The first kappa shape index (κ1) is 22.3. The molecule has 0 spiro atoms. The first-order chi connectivity index (χ1) is 15.6. The molecule has 2 heterocycles. The van der Waals surface area contributed by atoms with E-state index in [1.807, 2.05) is 23.1 Å². The maximum atomic E-state index is 12.9. The smallest absolute Gasteiger partial charge is 0.246 e. The van der Waals surface area contributed by atoms with Gasteiger partial charge in [0.1, 0.15) is 0 Å². The van der Waals surface area contributed by atoms with Crippen LogP contribution < -0.4 is 15.5 Å². The summed E-state index contributed by atoms with van der Waals surface area (Å²) in [6, 6.07) is 19.7. The van der Waals surface area contributed by atoms with Gasteiger partial charge < -0.3 is 15.5 Å². The summed E-state index contributed by atoms with van der Waals surface area (Å²) in [7, 11) is 1.77. The van der Waals surface area contributed by atoms with Gasteiger partial charge in [-0.3, -0.25) is 14.7 Å². The van der Waals surface area contributed by atoms with Gasteiger partial charge in [-0.05, 0) is 49.8 Å². The van der Waals surface area contributed by atoms with Crippen molar-refractivity contribution in [3.05, 3.63) is 65.7 Å². The first-order valence-electron chi connectivity index (χ1n) is 11.8. The number of nitrogens with one attached hydrogen (secondary N) is 2. The van der Waals surface area contributed by atoms with E-state index in [2.05, 4.69) is 63.8 Å². The summed E-state index contributed by atoms with van der Waals surface area (Å²) in [4.78, 5) is 21.7. The lowest BCUT2D eigenvalue weighted by Crippen LogP contribution is -2.52. The van der Waals surface area contributed by atoms with Gasteiger partial charge in [0.05, 0.1) is 6.54 Å². The number of anilines is 1. The number of carbonyl (C=O) groups is 1. The Morgan fingerprint density at radius 2 is 1.88 bits per heavy atom. The van der Waals surface area contributed by atoms with Crippen LogP contribution in [0.5, 0.6) is 0 Å². The first-order valence-corrected chi connectivity index (χ1v) is 11.8. The molecule has 0 aromatic heterocycles. The zero-order chi connectivity index (χ0) is 22.3. The number of rotatable bonds is 5. The second-order valence-electron chi connectivity index (χ2n) is 8.87. The van der Waals surface area contributed by atoms with Crippen molar-refractivity contribution < 1.29 is 4.79 Å². The second-order valence-corrected chi connectivity index (χ2v) is 8.87. The van der Waals surface area contributed by atoms with Crippen LogP contribution in [0.1, 0.15) is 37.3 Å². The van der Waals surface area contributed by atoms with E-state index in [-0.39, 0.29) is 12.5 Å². The molecule has 0 aliphatic carbocycles. The minimum Gasteiger partial charge on any atom is -0.354 e. The van der Waals surface area contributed by atoms with Crippen molar-refractivity contribution in [3.8, 4) is 0 Å². The summed E-state index contributed by atoms with van der Waals surface area (Å²) < 4.78 is 0. The summed E-state index contributed by atoms with van der Waals surface area (Å²) in [6.07, 6.45) is 4.17. The molecule has 0 radical (unpaired) electrons. The van der Waals surface area contributed by atoms with Gasteiger partial charge in [-0.25, -0.2) is 0 Å². The molecule has 2 aromatic carbocycles. The Kier molecular flexibility index (Phi) is 7.43. The molecule has 2 atom stereocenters. The van der Waals surface area contributed by atoms with Gasteiger partial charge in [-0.1, -0.05) is 48.5 Å². The fourth-order valence-corrected chi connectivity index (χ4v) is 4.84. The van der Waals surface area contributed by atoms with Crippen molar-refractivity contribution in [2.75, 3.05) is 31.6 Å². The molecular weight excluding hydrogens is 398 g/mol. The van der Waals surface area contributed by atoms with Gasteiger partial charge >= 0.3 is 0 Å². The minimum atomic E-state index is 0.0890. The molecule has 4 rings (SSSR count). The Morgan fingerprint density at radius 1 is 1.09 bits per heavy atom. The second kappa shape index (κ2) is 10.6. The third-order valence-electron chi connectivity index (χ3n) is 6.63. The van der Waals surface area contributed by atoms with E-state index in [4.69, 9.17) is 0 Å². The van der Waals surface area contributed by atoms with Crippen LogP contribution in [0, 0.1) is 0 Å². The highest BCUT2D eigenvalue weighted by atomic mass is 16.2. The van der Waals surface area contributed by atoms with E-state index in [9.17, 15) is 4.79 Å². The van der Waals surface area contributed by atoms with Gasteiger partial charge in [0.2, 0.25) is 5.91 Å². The Balaban J connectivity index is 1.26. The maximum Gasteiger partial charge on any atom is 0.246 e. The number of carbonyl (C=O) groups excluding carboxylic acids is 1. The Morgan fingerprint density at radius 3 is 2.66 bits per heavy atom. The molecule has 32 heavy (non-hydrogen) atoms. The number of piperidine rings is 1. The number of amides is 1. The quantitative estimate of drug-likeness (QED) is 0.562. The van der Waals surface area contributed by atoms with Crippen LogP contribution >= 0.6 is 0 Å². The number of hydrogen-bond donors (Lipinski definition) is 2. The van der Waals surface area contributed by atoms with E-state index in [0.29, 0.717) is 18.0 Å². The van der Waals surface area contributed by atoms with Crippen molar-refractivity contribution in [2.45, 2.75) is 51.2 Å². The zero-order valence-corrected chi connectivity index (χ0v) is 19.3. The highest BCUT2D eigenvalue weighted by Crippen LogP contribution is 2.26. The molecule has 1 amide bonds. The average molecular weight is 434 g/mol. The van der Waals surface area contributed by atoms with Gasteiger partial charge in [-0.15, -0.1) is 0 Å². The van der Waals surface area contributed by atoms with Crippen LogP contribution in [0.25, 0.3) is 0 Å². The summed E-state index contributed by atoms with van der Waals surface area (Å²) >= 11 is 0. The van der Waals surface area contributed by atoms with E-state index in [1.165, 1.54) is 11.1 Å². The van der Waals surface area contributed by atoms with Crippen molar-refractivity contribution >= 4 is 17.6 Å². The third kappa shape index (κ3) is 5.49. The highest BCUT2D eigenvalue weighted by molar-refractivity contribution is 5.98. The van der Waals surface area contributed by atoms with Gasteiger partial charge in [-0.2, -0.15) is 0 Å². The van der Waals surface area contributed by atoms with E-state index < -0.39 is 0 Å². The van der Waals surface area contributed by atoms with Crippen molar-refractivity contribution in [1.29, 1.82) is 0 Å². The Labute approximate surface area is 191 Å². The van der Waals surface area contributed by atoms with Crippen LogP contribution in [0.3, 0.4) is 0 Å². The standard InChI is InChI=1S/C26H35N5O/c1-20-17-23(14-16-30(20)19-21-9-4-3-5-10-21)29-26(27-2)28-18-25(32)31-15-8-12-22-11-6-7-13-24(22)31/h3-7,9-11,13,20,23H,8,12,14-19H2,1-2H3,(H2,27,28,29). The van der Waals surface area contributed by atoms with Crippen LogP contribution in [0.2, 0.25) is 0 Å². The molecule has 170 valence electrons. The molecule has 0 saturated carbocycles. The molecule has 6 heteroatoms. The molecule has 1 saturated heterocycles. The Bertz CT molecular complexity index is 929. The fraction of sp³-hybridized carbons (Fsp3) is 0.462. The summed E-state index contributed by atoms with van der Waals surface area (Å²) in [5, 5.41) is 6.78. The van der Waals surface area contributed by atoms with Crippen molar-refractivity contribution in [1.82, 2.24) is 15.5 Å². The van der Waals surface area contributed by atoms with Crippen LogP contribution in [0.4, 0.5) is 5.69 Å². The van der Waals surface area contributed by atoms with Crippen molar-refractivity contribution in [2.24, 2.45) is 4.99 Å². The number of fused-ring (bicyclic) bond motifs is 1. The number of para-hydroxylation sites is 1. The topological polar surface area (TPSA) is 60.0 Å². The lowest BCUT2D eigenvalue weighted by Gasteiger charge is -2.38. The molecule has 2 aromatic rings. The predicted octanol–water partition coefficient (Wildman–Crippen LogP) is 3.18. The minimum absolute atomic E-state index is 0.0890. The van der Waals surface area contributed by atoms with Crippen molar-refractivity contribution in [3.63, 3.8) is 0 Å². The maximum absolute atomic E-state index is 12.9. The number of likely N-dealkylation sites (tertiary alicyclic amines) is 1. The van der Waals surface area contributed by atoms with E-state index in [0.717, 1.165) is 51.0 Å². The van der Waals surface area contributed by atoms with E-state index >= 15 is 0 Å². The van der Waals surface area contributed by atoms with Gasteiger partial charge in [0.15, 0.2) is 5.96 Å². The van der Waals surface area contributed by atoms with Gasteiger partial charge in [0.25, 0.3) is 0 Å². The molecule has 0 bridgehead atoms. The fourth-order valence-electron chi connectivity index (χ4n) is 4.84. The number of nitrogens with zero attached hydrogens (tertiary/aromatic N) is 3. The summed E-state index contributed by atoms with van der Waals surface area (Å²) in [6.45, 7) is 5.36. The average Bonchev–Trinajstić information content (AvgIpc) is 2.83. The molecule has 2 aliphatic heterocycles.